The molecule has 0 amide bonds. The van der Waals surface area contributed by atoms with Crippen LogP contribution >= 0.6 is 0 Å². The maximum Gasteiger partial charge on any atom is 0.442 e. The lowest BCUT2D eigenvalue weighted by molar-refractivity contribution is -0.316. The van der Waals surface area contributed by atoms with Crippen LogP contribution in [0.2, 0.25) is 0 Å². The maximum absolute atomic E-state index is 11.3. The highest BCUT2D eigenvalue weighted by Gasteiger charge is 2.36. The van der Waals surface area contributed by atoms with Crippen LogP contribution in [0.3, 0.4) is 0 Å². The summed E-state index contributed by atoms with van der Waals surface area (Å²) in [6.45, 7) is 0. The summed E-state index contributed by atoms with van der Waals surface area (Å²) in [6.07, 6.45) is 3.81. The summed E-state index contributed by atoms with van der Waals surface area (Å²) in [5.41, 5.74) is 5.42. The van der Waals surface area contributed by atoms with Gasteiger partial charge in [0.25, 0.3) is 0 Å². The van der Waals surface area contributed by atoms with E-state index >= 15 is 0 Å². The van der Waals surface area contributed by atoms with Crippen molar-refractivity contribution in [3.05, 3.63) is 36.2 Å². The summed E-state index contributed by atoms with van der Waals surface area (Å²) in [5.74, 6) is -2.17. The lowest BCUT2D eigenvalue weighted by atomic mass is 9.97. The second-order valence-corrected chi connectivity index (χ2v) is 5.27. The van der Waals surface area contributed by atoms with Crippen LogP contribution in [0.25, 0.3) is 0 Å². The summed E-state index contributed by atoms with van der Waals surface area (Å²) in [7, 11) is -4.20. The van der Waals surface area contributed by atoms with E-state index in [1.165, 1.54) is 18.3 Å². The second-order valence-electron chi connectivity index (χ2n) is 3.85. The molecule has 9 heteroatoms. The molecule has 1 unspecified atom stereocenters. The Morgan fingerprint density at radius 1 is 1.42 bits per heavy atom. The predicted molar refractivity (Wildman–Crippen MR) is 63.9 cm³/mol. The lowest BCUT2D eigenvalue weighted by Gasteiger charge is -2.09. The molecule has 4 N–H and O–H groups in total. The Morgan fingerprint density at radius 2 is 2.11 bits per heavy atom. The van der Waals surface area contributed by atoms with Gasteiger partial charge in [-0.15, -0.1) is 8.42 Å². The molecule has 0 saturated heterocycles. The average Bonchev–Trinajstić information content (AvgIpc) is 2.74. The van der Waals surface area contributed by atoms with Crippen molar-refractivity contribution in [3.63, 3.8) is 0 Å². The molecular weight excluding hydrogens is 272 g/mol. The molecule has 0 radical (unpaired) electrons. The minimum absolute atomic E-state index is 0.268. The smallest absolute Gasteiger partial charge is 0.442 e. The van der Waals surface area contributed by atoms with Gasteiger partial charge in [0.05, 0.1) is 5.92 Å². The number of aromatic nitrogens is 1. The quantitative estimate of drug-likeness (QED) is 0.596. The van der Waals surface area contributed by atoms with Crippen LogP contribution in [-0.2, 0) is 15.0 Å². The minimum Gasteiger partial charge on any atom is -0.540 e. The van der Waals surface area contributed by atoms with Crippen LogP contribution in [0.1, 0.15) is 11.5 Å². The molecular formula is C10H10N4O4S. The molecule has 2 heterocycles. The number of hydrogen-bond acceptors (Lipinski definition) is 6. The van der Waals surface area contributed by atoms with Gasteiger partial charge in [-0.05, 0) is 17.7 Å². The van der Waals surface area contributed by atoms with E-state index in [1.54, 1.807) is 6.07 Å². The third kappa shape index (κ3) is 2.46. The molecule has 0 spiro atoms. The summed E-state index contributed by atoms with van der Waals surface area (Å²) in [5, 5.41) is 16.0. The largest absolute Gasteiger partial charge is 0.540 e. The number of anilines is 1. The fraction of sp³-hybridized carbons (Fsp3) is 0.100. The molecule has 0 aliphatic carbocycles. The Morgan fingerprint density at radius 3 is 2.58 bits per heavy atom. The van der Waals surface area contributed by atoms with E-state index in [9.17, 15) is 18.3 Å². The first-order valence-electron chi connectivity index (χ1n) is 5.11. The van der Waals surface area contributed by atoms with Gasteiger partial charge in [0.15, 0.2) is 6.20 Å². The molecule has 1 aromatic rings. The van der Waals surface area contributed by atoms with Gasteiger partial charge < -0.3 is 15.6 Å². The van der Waals surface area contributed by atoms with Gasteiger partial charge in [0.2, 0.25) is 5.71 Å². The van der Waals surface area contributed by atoms with Crippen LogP contribution in [0.15, 0.2) is 30.6 Å². The first kappa shape index (κ1) is 13.2. The molecule has 2 rings (SSSR count). The highest BCUT2D eigenvalue weighted by Crippen LogP contribution is 2.24. The van der Waals surface area contributed by atoms with E-state index in [-0.39, 0.29) is 5.82 Å². The number of pyridine rings is 1. The van der Waals surface area contributed by atoms with Crippen molar-refractivity contribution in [2.45, 2.75) is 5.92 Å². The summed E-state index contributed by atoms with van der Waals surface area (Å²) in [6, 6.07) is 3.03. The third-order valence-electron chi connectivity index (χ3n) is 2.60. The zero-order chi connectivity index (χ0) is 14.2. The van der Waals surface area contributed by atoms with E-state index in [2.05, 4.69) is 4.98 Å². The van der Waals surface area contributed by atoms with Gasteiger partial charge in [-0.25, -0.2) is 4.98 Å². The molecule has 19 heavy (non-hydrogen) atoms. The van der Waals surface area contributed by atoms with Crippen molar-refractivity contribution in [3.8, 4) is 0 Å². The molecule has 1 aromatic heterocycles. The maximum atomic E-state index is 11.3. The summed E-state index contributed by atoms with van der Waals surface area (Å²) < 4.78 is 23.0. The van der Waals surface area contributed by atoms with Gasteiger partial charge >= 0.3 is 10.2 Å². The third-order valence-corrected chi connectivity index (χ3v) is 3.46. The van der Waals surface area contributed by atoms with Crippen molar-refractivity contribution >= 4 is 27.7 Å². The number of aliphatic carboxylic acids is 1. The molecule has 0 bridgehead atoms. The molecule has 0 fully saturated rings. The molecule has 1 aliphatic heterocycles. The number of allylic oxidation sites excluding steroid dienone is 1. The molecule has 100 valence electrons. The molecule has 8 nitrogen and oxygen atoms in total. The average molecular weight is 282 g/mol. The Hall–Kier alpha value is -2.26. The molecule has 1 atom stereocenters. The second kappa shape index (κ2) is 4.44. The number of carboxylic acids is 1. The van der Waals surface area contributed by atoms with E-state index in [0.29, 0.717) is 9.54 Å². The van der Waals surface area contributed by atoms with Crippen molar-refractivity contribution in [2.24, 2.45) is 5.14 Å². The van der Waals surface area contributed by atoms with Crippen molar-refractivity contribution in [1.29, 1.82) is 0 Å². The summed E-state index contributed by atoms with van der Waals surface area (Å²) in [4.78, 5) is 14.9. The fourth-order valence-corrected chi connectivity index (χ4v) is 2.48. The number of nitrogen functional groups attached to an aromatic ring is 1. The van der Waals surface area contributed by atoms with E-state index in [1.807, 2.05) is 0 Å². The van der Waals surface area contributed by atoms with Crippen LogP contribution in [0.5, 0.6) is 0 Å². The highest BCUT2D eigenvalue weighted by atomic mass is 32.2. The minimum atomic E-state index is -4.20. The molecule has 0 aromatic carbocycles. The topological polar surface area (TPSA) is 142 Å². The normalized spacial score (nSPS) is 18.9. The number of nitrogens with zero attached hydrogens (tertiary/aromatic N) is 2. The Bertz CT molecular complexity index is 691. The fourth-order valence-electron chi connectivity index (χ4n) is 1.78. The number of carbonyl (C=O) groups is 1. The number of carboxylic acid groups (broad SMARTS) is 1. The van der Waals surface area contributed by atoms with Crippen molar-refractivity contribution in [2.75, 3.05) is 5.73 Å². The predicted octanol–water partition coefficient (Wildman–Crippen LogP) is -2.32. The summed E-state index contributed by atoms with van der Waals surface area (Å²) >= 11 is 0. The zero-order valence-electron chi connectivity index (χ0n) is 9.55. The van der Waals surface area contributed by atoms with Crippen LogP contribution in [0.4, 0.5) is 5.82 Å². The van der Waals surface area contributed by atoms with Gasteiger partial charge in [0, 0.05) is 6.20 Å². The van der Waals surface area contributed by atoms with Gasteiger partial charge in [-0.1, -0.05) is 10.0 Å². The van der Waals surface area contributed by atoms with Gasteiger partial charge in [-0.2, -0.15) is 5.14 Å². The first-order chi connectivity index (χ1) is 8.80. The number of nitrogens with two attached hydrogens (primary N) is 2. The Kier molecular flexibility index (Phi) is 3.08. The molecule has 0 saturated carbocycles. The Labute approximate surface area is 108 Å². The van der Waals surface area contributed by atoms with Crippen LogP contribution < -0.4 is 16.0 Å². The number of carbonyl (C=O) groups excluding carboxylic acids is 1. The Balaban J connectivity index is 2.55. The standard InChI is InChI=1S/C10H10N4O4S/c11-8-2-1-6(5-13-8)7-3-4-14(19(12,17)18)9(7)10(15)16/h1-5,7H,(H4-,11,12,13,15,16,17,18). The van der Waals surface area contributed by atoms with E-state index in [0.717, 1.165) is 6.20 Å². The van der Waals surface area contributed by atoms with E-state index < -0.39 is 27.8 Å². The van der Waals surface area contributed by atoms with Crippen LogP contribution in [0, 0.1) is 0 Å². The lowest BCUT2D eigenvalue weighted by Crippen LogP contribution is -2.41. The SMILES string of the molecule is Nc1ccc(C2C=C[N+](S(N)(=O)=O)=C2C(=O)[O-])cn1. The van der Waals surface area contributed by atoms with Crippen LogP contribution in [-0.4, -0.2) is 29.1 Å². The number of rotatable bonds is 3. The van der Waals surface area contributed by atoms with E-state index in [4.69, 9.17) is 10.9 Å². The van der Waals surface area contributed by atoms with Gasteiger partial charge in [-0.3, -0.25) is 0 Å². The molecule has 1 aliphatic rings. The van der Waals surface area contributed by atoms with Crippen molar-refractivity contribution in [1.82, 2.24) is 4.98 Å². The zero-order valence-corrected chi connectivity index (χ0v) is 10.4. The van der Waals surface area contributed by atoms with Crippen molar-refractivity contribution < 1.29 is 22.3 Å². The highest BCUT2D eigenvalue weighted by molar-refractivity contribution is 7.83. The first-order valence-corrected chi connectivity index (χ1v) is 6.61. The monoisotopic (exact) mass is 282 g/mol. The number of hydrogen-bond donors (Lipinski definition) is 2. The van der Waals surface area contributed by atoms with Gasteiger partial charge in [0.1, 0.15) is 11.8 Å².